The lowest BCUT2D eigenvalue weighted by Gasteiger charge is -2.33. The molecule has 2 aliphatic rings. The van der Waals surface area contributed by atoms with E-state index in [0.29, 0.717) is 24.3 Å². The molecule has 7 nitrogen and oxygen atoms in total. The Bertz CT molecular complexity index is 614. The van der Waals surface area contributed by atoms with Crippen molar-refractivity contribution in [2.24, 2.45) is 5.73 Å². The van der Waals surface area contributed by atoms with Crippen LogP contribution < -0.4 is 5.73 Å². The SMILES string of the molecule is CC1CCCCN1C(=O)CSc1nnc(C2CC2)n1CCC(N)=O. The fraction of sp³-hybridized carbons (Fsp3) is 0.750. The standard InChI is InChI=1S/C16H25N5O2S/c1-11-4-2-3-8-20(11)14(23)10-24-16-19-18-15(12-5-6-12)21(16)9-7-13(17)22/h11-12H,2-10H2,1H3,(H2,17,22). The van der Waals surface area contributed by atoms with Gasteiger partial charge in [0.15, 0.2) is 5.16 Å². The van der Waals surface area contributed by atoms with Crippen LogP contribution in [0.15, 0.2) is 5.16 Å². The van der Waals surface area contributed by atoms with Crippen LogP contribution in [-0.4, -0.2) is 49.8 Å². The average molecular weight is 351 g/mol. The number of carbonyl (C=O) groups is 2. The Morgan fingerprint density at radius 2 is 2.04 bits per heavy atom. The van der Waals surface area contributed by atoms with Gasteiger partial charge in [0.05, 0.1) is 5.75 Å². The molecule has 132 valence electrons. The van der Waals surface area contributed by atoms with Crippen molar-refractivity contribution in [1.29, 1.82) is 0 Å². The molecule has 1 unspecified atom stereocenters. The molecule has 0 spiro atoms. The van der Waals surface area contributed by atoms with Gasteiger partial charge in [-0.1, -0.05) is 11.8 Å². The summed E-state index contributed by atoms with van der Waals surface area (Å²) in [6, 6.07) is 0.321. The Hall–Kier alpha value is -1.57. The maximum Gasteiger partial charge on any atom is 0.233 e. The summed E-state index contributed by atoms with van der Waals surface area (Å²) in [5.41, 5.74) is 5.28. The van der Waals surface area contributed by atoms with Crippen molar-refractivity contribution < 1.29 is 9.59 Å². The van der Waals surface area contributed by atoms with Gasteiger partial charge in [0.25, 0.3) is 0 Å². The molecule has 1 aliphatic carbocycles. The highest BCUT2D eigenvalue weighted by Crippen LogP contribution is 2.40. The third-order valence-corrected chi connectivity index (χ3v) is 5.67. The van der Waals surface area contributed by atoms with E-state index >= 15 is 0 Å². The molecular formula is C16H25N5O2S. The van der Waals surface area contributed by atoms with E-state index in [4.69, 9.17) is 5.73 Å². The molecule has 2 fully saturated rings. The Labute approximate surface area is 146 Å². The number of carbonyl (C=O) groups excluding carboxylic acids is 2. The first-order chi connectivity index (χ1) is 11.6. The Kier molecular flexibility index (Phi) is 5.43. The van der Waals surface area contributed by atoms with Crippen molar-refractivity contribution in [3.8, 4) is 0 Å². The van der Waals surface area contributed by atoms with Crippen molar-refractivity contribution in [3.63, 3.8) is 0 Å². The first-order valence-corrected chi connectivity index (χ1v) is 9.68. The first-order valence-electron chi connectivity index (χ1n) is 8.70. The van der Waals surface area contributed by atoms with E-state index < -0.39 is 0 Å². The molecule has 24 heavy (non-hydrogen) atoms. The van der Waals surface area contributed by atoms with Crippen LogP contribution in [-0.2, 0) is 16.1 Å². The van der Waals surface area contributed by atoms with Gasteiger partial charge in [0.2, 0.25) is 11.8 Å². The van der Waals surface area contributed by atoms with Crippen LogP contribution in [0.5, 0.6) is 0 Å². The van der Waals surface area contributed by atoms with E-state index in [1.165, 1.54) is 18.2 Å². The number of hydrogen-bond acceptors (Lipinski definition) is 5. The van der Waals surface area contributed by atoms with Gasteiger partial charge in [-0.05, 0) is 39.0 Å². The molecular weight excluding hydrogens is 326 g/mol. The van der Waals surface area contributed by atoms with Crippen LogP contribution in [0.3, 0.4) is 0 Å². The summed E-state index contributed by atoms with van der Waals surface area (Å²) in [7, 11) is 0. The first kappa shape index (κ1) is 17.3. The Morgan fingerprint density at radius 3 is 2.71 bits per heavy atom. The van der Waals surface area contributed by atoms with Crippen LogP contribution in [0.1, 0.15) is 57.2 Å². The second-order valence-electron chi connectivity index (χ2n) is 6.70. The minimum Gasteiger partial charge on any atom is -0.370 e. The van der Waals surface area contributed by atoms with Crippen LogP contribution in [0.2, 0.25) is 0 Å². The van der Waals surface area contributed by atoms with Gasteiger partial charge in [-0.15, -0.1) is 10.2 Å². The maximum atomic E-state index is 12.5. The molecule has 8 heteroatoms. The highest BCUT2D eigenvalue weighted by molar-refractivity contribution is 7.99. The van der Waals surface area contributed by atoms with E-state index in [1.807, 2.05) is 9.47 Å². The van der Waals surface area contributed by atoms with Crippen molar-refractivity contribution in [1.82, 2.24) is 19.7 Å². The second kappa shape index (κ2) is 7.55. The van der Waals surface area contributed by atoms with Crippen molar-refractivity contribution in [2.75, 3.05) is 12.3 Å². The predicted molar refractivity (Wildman–Crippen MR) is 91.6 cm³/mol. The summed E-state index contributed by atoms with van der Waals surface area (Å²) in [6.45, 7) is 3.45. The summed E-state index contributed by atoms with van der Waals surface area (Å²) in [6.07, 6.45) is 5.86. The molecule has 1 saturated heterocycles. The number of amides is 2. The number of rotatable bonds is 7. The normalized spacial score (nSPS) is 21.0. The number of aromatic nitrogens is 3. The molecule has 1 aromatic rings. The molecule has 3 rings (SSSR count). The third-order valence-electron chi connectivity index (χ3n) is 4.72. The number of likely N-dealkylation sites (tertiary alicyclic amines) is 1. The summed E-state index contributed by atoms with van der Waals surface area (Å²) in [4.78, 5) is 25.6. The molecule has 0 radical (unpaired) electrons. The summed E-state index contributed by atoms with van der Waals surface area (Å²) in [5, 5.41) is 9.24. The molecule has 1 aliphatic heterocycles. The summed E-state index contributed by atoms with van der Waals surface area (Å²) in [5.74, 6) is 1.56. The lowest BCUT2D eigenvalue weighted by molar-refractivity contribution is -0.131. The highest BCUT2D eigenvalue weighted by atomic mass is 32.2. The molecule has 2 heterocycles. The quantitative estimate of drug-likeness (QED) is 0.752. The molecule has 1 aromatic heterocycles. The number of primary amides is 1. The molecule has 1 saturated carbocycles. The van der Waals surface area contributed by atoms with E-state index in [1.54, 1.807) is 0 Å². The topological polar surface area (TPSA) is 94.1 Å². The van der Waals surface area contributed by atoms with Gasteiger partial charge in [-0.3, -0.25) is 9.59 Å². The maximum absolute atomic E-state index is 12.5. The molecule has 0 aromatic carbocycles. The van der Waals surface area contributed by atoms with Crippen LogP contribution in [0, 0.1) is 0 Å². The van der Waals surface area contributed by atoms with E-state index in [2.05, 4.69) is 17.1 Å². The van der Waals surface area contributed by atoms with E-state index in [-0.39, 0.29) is 18.2 Å². The number of thioether (sulfide) groups is 1. The number of nitrogens with zero attached hydrogens (tertiary/aromatic N) is 4. The zero-order chi connectivity index (χ0) is 17.1. The minimum atomic E-state index is -0.334. The predicted octanol–water partition coefficient (Wildman–Crippen LogP) is 1.52. The minimum absolute atomic E-state index is 0.157. The number of hydrogen-bond donors (Lipinski definition) is 1. The molecule has 2 N–H and O–H groups in total. The van der Waals surface area contributed by atoms with Crippen molar-refractivity contribution in [3.05, 3.63) is 5.82 Å². The molecule has 2 amide bonds. The Balaban J connectivity index is 1.63. The van der Waals surface area contributed by atoms with Gasteiger partial charge < -0.3 is 15.2 Å². The summed E-state index contributed by atoms with van der Waals surface area (Å²) < 4.78 is 1.97. The van der Waals surface area contributed by atoms with Gasteiger partial charge >= 0.3 is 0 Å². The molecule has 1 atom stereocenters. The zero-order valence-corrected chi connectivity index (χ0v) is 14.9. The van der Waals surface area contributed by atoms with Crippen LogP contribution in [0.4, 0.5) is 0 Å². The number of nitrogens with two attached hydrogens (primary N) is 1. The van der Waals surface area contributed by atoms with Gasteiger partial charge in [0.1, 0.15) is 5.82 Å². The van der Waals surface area contributed by atoms with Crippen molar-refractivity contribution >= 4 is 23.6 Å². The van der Waals surface area contributed by atoms with Gasteiger partial charge in [-0.2, -0.15) is 0 Å². The average Bonchev–Trinajstić information content (AvgIpc) is 3.32. The largest absolute Gasteiger partial charge is 0.370 e. The monoisotopic (exact) mass is 351 g/mol. The second-order valence-corrected chi connectivity index (χ2v) is 7.65. The van der Waals surface area contributed by atoms with Crippen molar-refractivity contribution in [2.45, 2.75) is 69.1 Å². The highest BCUT2D eigenvalue weighted by Gasteiger charge is 2.31. The van der Waals surface area contributed by atoms with Crippen LogP contribution >= 0.6 is 11.8 Å². The third kappa shape index (κ3) is 4.09. The van der Waals surface area contributed by atoms with E-state index in [0.717, 1.165) is 43.2 Å². The van der Waals surface area contributed by atoms with Gasteiger partial charge in [-0.25, -0.2) is 0 Å². The fourth-order valence-corrected chi connectivity index (χ4v) is 4.02. The zero-order valence-electron chi connectivity index (χ0n) is 14.1. The molecule has 0 bridgehead atoms. The number of piperidine rings is 1. The lowest BCUT2D eigenvalue weighted by Crippen LogP contribution is -2.43. The smallest absolute Gasteiger partial charge is 0.233 e. The fourth-order valence-electron chi connectivity index (χ4n) is 3.16. The van der Waals surface area contributed by atoms with Gasteiger partial charge in [0, 0.05) is 31.5 Å². The van der Waals surface area contributed by atoms with E-state index in [9.17, 15) is 9.59 Å². The Morgan fingerprint density at radius 1 is 1.25 bits per heavy atom. The van der Waals surface area contributed by atoms with Crippen LogP contribution in [0.25, 0.3) is 0 Å². The summed E-state index contributed by atoms with van der Waals surface area (Å²) >= 11 is 1.41. The lowest BCUT2D eigenvalue weighted by atomic mass is 10.0.